The van der Waals surface area contributed by atoms with E-state index < -0.39 is 17.4 Å². The number of carbonyl (C=O) groups excluding carboxylic acids is 3. The summed E-state index contributed by atoms with van der Waals surface area (Å²) >= 11 is 0. The van der Waals surface area contributed by atoms with Crippen LogP contribution in [0.3, 0.4) is 0 Å². The summed E-state index contributed by atoms with van der Waals surface area (Å²) in [6.45, 7) is 1.78. The van der Waals surface area contributed by atoms with Crippen molar-refractivity contribution in [2.75, 3.05) is 14.2 Å². The molecule has 1 atom stereocenters. The van der Waals surface area contributed by atoms with E-state index in [2.05, 4.69) is 0 Å². The van der Waals surface area contributed by atoms with Crippen molar-refractivity contribution in [1.29, 1.82) is 0 Å². The fourth-order valence-electron chi connectivity index (χ4n) is 3.04. The van der Waals surface area contributed by atoms with E-state index in [0.29, 0.717) is 5.57 Å². The van der Waals surface area contributed by atoms with Crippen LogP contribution in [0.4, 0.5) is 0 Å². The number of hydrogen-bond donors (Lipinski definition) is 0. The van der Waals surface area contributed by atoms with Gasteiger partial charge in [0, 0.05) is 11.5 Å². The van der Waals surface area contributed by atoms with Crippen molar-refractivity contribution in [3.63, 3.8) is 0 Å². The molecule has 0 aromatic carbocycles. The van der Waals surface area contributed by atoms with Crippen molar-refractivity contribution in [2.45, 2.75) is 19.8 Å². The van der Waals surface area contributed by atoms with Gasteiger partial charge in [0.2, 0.25) is 0 Å². The van der Waals surface area contributed by atoms with Gasteiger partial charge in [0.1, 0.15) is 0 Å². The lowest BCUT2D eigenvalue weighted by Crippen LogP contribution is -2.39. The van der Waals surface area contributed by atoms with Crippen LogP contribution < -0.4 is 0 Å². The first kappa shape index (κ1) is 13.5. The highest BCUT2D eigenvalue weighted by molar-refractivity contribution is 6.10. The van der Waals surface area contributed by atoms with E-state index in [1.54, 1.807) is 13.0 Å². The highest BCUT2D eigenvalue weighted by Gasteiger charge is 2.57. The average Bonchev–Trinajstić information content (AvgIpc) is 2.90. The number of fused-ring (bicyclic) bond motifs is 1. The second-order valence-corrected chi connectivity index (χ2v) is 4.83. The molecule has 1 fully saturated rings. The maximum absolute atomic E-state index is 12.0. The minimum atomic E-state index is -1.31. The Morgan fingerprint density at radius 1 is 1.32 bits per heavy atom. The molecule has 0 bridgehead atoms. The van der Waals surface area contributed by atoms with Crippen molar-refractivity contribution < 1.29 is 23.9 Å². The average molecular weight is 264 g/mol. The SMILES string of the molecule is C/C=C1/C(=O)C=C2CC(C(=O)OC)(C(=O)OC)CC21. The lowest BCUT2D eigenvalue weighted by atomic mass is 9.83. The van der Waals surface area contributed by atoms with E-state index in [4.69, 9.17) is 9.47 Å². The van der Waals surface area contributed by atoms with Gasteiger partial charge in [-0.3, -0.25) is 14.4 Å². The van der Waals surface area contributed by atoms with Gasteiger partial charge in [-0.1, -0.05) is 11.6 Å². The largest absolute Gasteiger partial charge is 0.468 e. The van der Waals surface area contributed by atoms with Crippen LogP contribution in [0.25, 0.3) is 0 Å². The molecular formula is C14H16O5. The Bertz CT molecular complexity index is 496. The fraction of sp³-hybridized carbons (Fsp3) is 0.500. The Labute approximate surface area is 111 Å². The van der Waals surface area contributed by atoms with E-state index in [1.807, 2.05) is 0 Å². The summed E-state index contributed by atoms with van der Waals surface area (Å²) in [6, 6.07) is 0. The molecule has 2 aliphatic rings. The molecule has 1 saturated carbocycles. The molecule has 2 aliphatic carbocycles. The number of methoxy groups -OCH3 is 2. The lowest BCUT2D eigenvalue weighted by molar-refractivity contribution is -0.168. The zero-order chi connectivity index (χ0) is 14.2. The van der Waals surface area contributed by atoms with Crippen LogP contribution in [-0.4, -0.2) is 31.9 Å². The normalized spacial score (nSPS) is 26.1. The van der Waals surface area contributed by atoms with Gasteiger partial charge in [-0.25, -0.2) is 0 Å². The topological polar surface area (TPSA) is 69.7 Å². The van der Waals surface area contributed by atoms with E-state index in [-0.39, 0.29) is 24.5 Å². The molecule has 0 amide bonds. The second-order valence-electron chi connectivity index (χ2n) is 4.83. The van der Waals surface area contributed by atoms with Crippen LogP contribution in [0, 0.1) is 11.3 Å². The molecule has 19 heavy (non-hydrogen) atoms. The molecule has 0 radical (unpaired) electrons. The molecule has 0 aliphatic heterocycles. The first-order chi connectivity index (χ1) is 9.00. The summed E-state index contributed by atoms with van der Waals surface area (Å²) in [5.74, 6) is -1.41. The third kappa shape index (κ3) is 1.80. The maximum atomic E-state index is 12.0. The van der Waals surface area contributed by atoms with Crippen LogP contribution in [0.2, 0.25) is 0 Å². The van der Waals surface area contributed by atoms with Gasteiger partial charge in [-0.2, -0.15) is 0 Å². The summed E-state index contributed by atoms with van der Waals surface area (Å²) in [5, 5.41) is 0. The first-order valence-corrected chi connectivity index (χ1v) is 6.08. The minimum absolute atomic E-state index is 0.0363. The minimum Gasteiger partial charge on any atom is -0.468 e. The van der Waals surface area contributed by atoms with Crippen molar-refractivity contribution in [2.24, 2.45) is 11.3 Å². The molecule has 0 saturated heterocycles. The van der Waals surface area contributed by atoms with Crippen molar-refractivity contribution in [3.05, 3.63) is 23.3 Å². The zero-order valence-corrected chi connectivity index (χ0v) is 11.2. The van der Waals surface area contributed by atoms with Gasteiger partial charge in [0.05, 0.1) is 14.2 Å². The number of carbonyl (C=O) groups is 3. The molecule has 2 rings (SSSR count). The predicted molar refractivity (Wildman–Crippen MR) is 66.0 cm³/mol. The standard InChI is InChI=1S/C14H16O5/c1-4-9-10-7-14(12(16)18-2,13(17)19-3)6-8(10)5-11(9)15/h4-5,10H,6-7H2,1-3H3/b9-4+. The van der Waals surface area contributed by atoms with E-state index >= 15 is 0 Å². The van der Waals surface area contributed by atoms with Gasteiger partial charge >= 0.3 is 11.9 Å². The number of allylic oxidation sites excluding steroid dienone is 4. The Morgan fingerprint density at radius 3 is 2.37 bits per heavy atom. The van der Waals surface area contributed by atoms with Crippen LogP contribution in [0.5, 0.6) is 0 Å². The molecule has 5 heteroatoms. The van der Waals surface area contributed by atoms with Crippen LogP contribution >= 0.6 is 0 Å². The Kier molecular flexibility index (Phi) is 3.30. The number of ketones is 1. The van der Waals surface area contributed by atoms with E-state index in [0.717, 1.165) is 5.57 Å². The molecule has 0 aromatic heterocycles. The van der Waals surface area contributed by atoms with Gasteiger partial charge in [0.25, 0.3) is 0 Å². The van der Waals surface area contributed by atoms with Crippen LogP contribution in [0.15, 0.2) is 23.3 Å². The Balaban J connectivity index is 2.42. The van der Waals surface area contributed by atoms with Gasteiger partial charge in [-0.15, -0.1) is 0 Å². The fourth-order valence-corrected chi connectivity index (χ4v) is 3.04. The maximum Gasteiger partial charge on any atom is 0.323 e. The number of hydrogen-bond acceptors (Lipinski definition) is 5. The number of ether oxygens (including phenoxy) is 2. The Morgan fingerprint density at radius 2 is 1.89 bits per heavy atom. The molecular weight excluding hydrogens is 248 g/mol. The van der Waals surface area contributed by atoms with Crippen molar-refractivity contribution in [3.8, 4) is 0 Å². The Hall–Kier alpha value is -1.91. The van der Waals surface area contributed by atoms with E-state index in [1.165, 1.54) is 20.3 Å². The third-order valence-electron chi connectivity index (χ3n) is 3.95. The monoisotopic (exact) mass is 264 g/mol. The number of esters is 2. The molecule has 0 heterocycles. The van der Waals surface area contributed by atoms with Gasteiger partial charge < -0.3 is 9.47 Å². The van der Waals surface area contributed by atoms with E-state index in [9.17, 15) is 14.4 Å². The van der Waals surface area contributed by atoms with Crippen molar-refractivity contribution in [1.82, 2.24) is 0 Å². The zero-order valence-electron chi connectivity index (χ0n) is 11.2. The first-order valence-electron chi connectivity index (χ1n) is 6.08. The summed E-state index contributed by atoms with van der Waals surface area (Å²) in [5.41, 5.74) is 0.146. The lowest BCUT2D eigenvalue weighted by Gasteiger charge is -2.23. The molecule has 0 spiro atoms. The van der Waals surface area contributed by atoms with Crippen LogP contribution in [0.1, 0.15) is 19.8 Å². The number of rotatable bonds is 2. The highest BCUT2D eigenvalue weighted by Crippen LogP contribution is 2.52. The molecule has 0 aromatic rings. The van der Waals surface area contributed by atoms with Crippen molar-refractivity contribution >= 4 is 17.7 Å². The van der Waals surface area contributed by atoms with Crippen LogP contribution in [-0.2, 0) is 23.9 Å². The smallest absolute Gasteiger partial charge is 0.323 e. The predicted octanol–water partition coefficient (Wildman–Crippen LogP) is 1.18. The second kappa shape index (κ2) is 4.64. The summed E-state index contributed by atoms with van der Waals surface area (Å²) < 4.78 is 9.50. The van der Waals surface area contributed by atoms with Gasteiger partial charge in [0.15, 0.2) is 11.2 Å². The molecule has 1 unspecified atom stereocenters. The molecule has 102 valence electrons. The third-order valence-corrected chi connectivity index (χ3v) is 3.95. The highest BCUT2D eigenvalue weighted by atomic mass is 16.5. The summed E-state index contributed by atoms with van der Waals surface area (Å²) in [6.07, 6.45) is 3.69. The van der Waals surface area contributed by atoms with Gasteiger partial charge in [-0.05, 0) is 25.8 Å². The quantitative estimate of drug-likeness (QED) is 0.425. The molecule has 0 N–H and O–H groups in total. The summed E-state index contributed by atoms with van der Waals surface area (Å²) in [7, 11) is 2.49. The molecule has 5 nitrogen and oxygen atoms in total. The summed E-state index contributed by atoms with van der Waals surface area (Å²) in [4.78, 5) is 35.7.